The second kappa shape index (κ2) is 6.42. The Morgan fingerprint density at radius 1 is 1.65 bits per heavy atom. The van der Waals surface area contributed by atoms with Crippen molar-refractivity contribution in [2.75, 3.05) is 32.5 Å². The Labute approximate surface area is 106 Å². The quantitative estimate of drug-likeness (QED) is 0.774. The lowest BCUT2D eigenvalue weighted by atomic mass is 10.4. The number of aromatic nitrogens is 2. The van der Waals surface area contributed by atoms with Crippen LogP contribution in [0, 0.1) is 0 Å². The maximum Gasteiger partial charge on any atom is 0.287 e. The van der Waals surface area contributed by atoms with E-state index in [-0.39, 0.29) is 10.6 Å². The second-order valence-electron chi connectivity index (χ2n) is 3.88. The van der Waals surface area contributed by atoms with Gasteiger partial charge >= 0.3 is 0 Å². The van der Waals surface area contributed by atoms with E-state index in [2.05, 4.69) is 17.0 Å². The first kappa shape index (κ1) is 13.7. The zero-order valence-electron chi connectivity index (χ0n) is 10.1. The molecule has 0 radical (unpaired) electrons. The van der Waals surface area contributed by atoms with Crippen LogP contribution in [-0.4, -0.2) is 41.9 Å². The van der Waals surface area contributed by atoms with Gasteiger partial charge in [-0.25, -0.2) is 4.68 Å². The summed E-state index contributed by atoms with van der Waals surface area (Å²) in [6.07, 6.45) is 3.16. The number of nitrogens with zero attached hydrogens (tertiary/aromatic N) is 3. The van der Waals surface area contributed by atoms with E-state index in [0.29, 0.717) is 18.8 Å². The van der Waals surface area contributed by atoms with Gasteiger partial charge in [0, 0.05) is 13.1 Å². The number of hydrogen-bond donors (Lipinski definition) is 1. The lowest BCUT2D eigenvalue weighted by molar-refractivity contribution is 0.425. The average Bonchev–Trinajstić information content (AvgIpc) is 2.28. The van der Waals surface area contributed by atoms with Crippen molar-refractivity contribution in [3.8, 4) is 0 Å². The summed E-state index contributed by atoms with van der Waals surface area (Å²) < 4.78 is 1.27. The van der Waals surface area contributed by atoms with E-state index < -0.39 is 0 Å². The van der Waals surface area contributed by atoms with E-state index in [4.69, 9.17) is 11.6 Å². The highest BCUT2D eigenvalue weighted by molar-refractivity contribution is 6.32. The van der Waals surface area contributed by atoms with Gasteiger partial charge in [0.25, 0.3) is 5.56 Å². The van der Waals surface area contributed by atoms with Crippen LogP contribution in [0.5, 0.6) is 0 Å². The lowest BCUT2D eigenvalue weighted by Crippen LogP contribution is -2.25. The van der Waals surface area contributed by atoms with Gasteiger partial charge in [-0.15, -0.1) is 6.58 Å². The molecule has 1 rings (SSSR count). The topological polar surface area (TPSA) is 50.2 Å². The fourth-order valence-corrected chi connectivity index (χ4v) is 1.47. The van der Waals surface area contributed by atoms with Crippen LogP contribution < -0.4 is 10.9 Å². The molecule has 0 saturated heterocycles. The number of hydrogen-bond acceptors (Lipinski definition) is 4. The van der Waals surface area contributed by atoms with Gasteiger partial charge in [0.2, 0.25) is 0 Å². The molecule has 1 N–H and O–H groups in total. The molecule has 0 unspecified atom stereocenters. The molecule has 6 heteroatoms. The number of rotatable bonds is 6. The highest BCUT2D eigenvalue weighted by Gasteiger charge is 2.07. The molecule has 0 aliphatic heterocycles. The van der Waals surface area contributed by atoms with Gasteiger partial charge in [0.1, 0.15) is 5.02 Å². The molecular formula is C11H17ClN4O. The van der Waals surface area contributed by atoms with Crippen molar-refractivity contribution in [2.45, 2.75) is 6.54 Å². The van der Waals surface area contributed by atoms with E-state index in [1.165, 1.54) is 4.68 Å². The molecule has 0 amide bonds. The standard InChI is InChI=1S/C11H17ClN4O/c1-4-6-16-11(17)10(12)9(8-14-16)13-5-7-15(2)3/h4,8,13H,1,5-7H2,2-3H3. The number of anilines is 1. The molecular weight excluding hydrogens is 240 g/mol. The van der Waals surface area contributed by atoms with Crippen LogP contribution in [0.4, 0.5) is 5.69 Å². The average molecular weight is 257 g/mol. The SMILES string of the molecule is C=CCn1ncc(NCCN(C)C)c(Cl)c1=O. The molecule has 0 bridgehead atoms. The summed E-state index contributed by atoms with van der Waals surface area (Å²) in [4.78, 5) is 13.8. The van der Waals surface area contributed by atoms with Crippen molar-refractivity contribution in [1.82, 2.24) is 14.7 Å². The Bertz CT molecular complexity index is 442. The fraction of sp³-hybridized carbons (Fsp3) is 0.455. The Balaban J connectivity index is 2.78. The molecule has 1 aromatic heterocycles. The van der Waals surface area contributed by atoms with Gasteiger partial charge in [-0.3, -0.25) is 4.79 Å². The molecule has 0 spiro atoms. The molecule has 0 aliphatic rings. The molecule has 94 valence electrons. The van der Waals surface area contributed by atoms with Crippen molar-refractivity contribution in [3.05, 3.63) is 34.2 Å². The fourth-order valence-electron chi connectivity index (χ4n) is 1.25. The third-order valence-corrected chi connectivity index (χ3v) is 2.53. The second-order valence-corrected chi connectivity index (χ2v) is 4.26. The van der Waals surface area contributed by atoms with Crippen molar-refractivity contribution in [3.63, 3.8) is 0 Å². The predicted molar refractivity (Wildman–Crippen MR) is 70.7 cm³/mol. The number of halogens is 1. The van der Waals surface area contributed by atoms with E-state index in [0.717, 1.165) is 6.54 Å². The third-order valence-electron chi connectivity index (χ3n) is 2.16. The summed E-state index contributed by atoms with van der Waals surface area (Å²) >= 11 is 5.97. The van der Waals surface area contributed by atoms with Crippen LogP contribution in [-0.2, 0) is 6.54 Å². The van der Waals surface area contributed by atoms with Crippen LogP contribution in [0.1, 0.15) is 0 Å². The zero-order valence-corrected chi connectivity index (χ0v) is 10.9. The van der Waals surface area contributed by atoms with Gasteiger partial charge in [0.05, 0.1) is 18.4 Å². The van der Waals surface area contributed by atoms with Crippen molar-refractivity contribution >= 4 is 17.3 Å². The molecule has 0 fully saturated rings. The van der Waals surface area contributed by atoms with Crippen LogP contribution in [0.3, 0.4) is 0 Å². The Morgan fingerprint density at radius 2 is 2.35 bits per heavy atom. The van der Waals surface area contributed by atoms with Crippen molar-refractivity contribution in [2.24, 2.45) is 0 Å². The van der Waals surface area contributed by atoms with Gasteiger partial charge < -0.3 is 10.2 Å². The Morgan fingerprint density at radius 3 is 2.94 bits per heavy atom. The number of nitrogens with one attached hydrogen (secondary N) is 1. The minimum Gasteiger partial charge on any atom is -0.381 e. The molecule has 0 atom stereocenters. The highest BCUT2D eigenvalue weighted by atomic mass is 35.5. The van der Waals surface area contributed by atoms with E-state index in [9.17, 15) is 4.79 Å². The van der Waals surface area contributed by atoms with Crippen molar-refractivity contribution < 1.29 is 0 Å². The summed E-state index contributed by atoms with van der Waals surface area (Å²) in [5, 5.41) is 7.25. The normalized spacial score (nSPS) is 10.6. The Kier molecular flexibility index (Phi) is 5.18. The summed E-state index contributed by atoms with van der Waals surface area (Å²) in [5.41, 5.74) is 0.264. The molecule has 0 aliphatic carbocycles. The lowest BCUT2D eigenvalue weighted by Gasteiger charge is -2.12. The molecule has 17 heavy (non-hydrogen) atoms. The third kappa shape index (κ3) is 3.87. The predicted octanol–water partition coefficient (Wildman–Crippen LogP) is 1.06. The van der Waals surface area contributed by atoms with Crippen LogP contribution in [0.2, 0.25) is 5.02 Å². The Hall–Kier alpha value is -1.33. The van der Waals surface area contributed by atoms with E-state index in [1.807, 2.05) is 19.0 Å². The molecule has 1 heterocycles. The summed E-state index contributed by atoms with van der Waals surface area (Å²) in [6.45, 7) is 5.47. The molecule has 0 saturated carbocycles. The highest BCUT2D eigenvalue weighted by Crippen LogP contribution is 2.14. The summed E-state index contributed by atoms with van der Waals surface area (Å²) in [6, 6.07) is 0. The molecule has 5 nitrogen and oxygen atoms in total. The maximum atomic E-state index is 11.7. The minimum atomic E-state index is -0.304. The maximum absolute atomic E-state index is 11.7. The largest absolute Gasteiger partial charge is 0.381 e. The molecule has 0 aromatic carbocycles. The number of allylic oxidation sites excluding steroid dienone is 1. The first-order chi connectivity index (χ1) is 8.06. The van der Waals surface area contributed by atoms with E-state index >= 15 is 0 Å². The van der Waals surface area contributed by atoms with Gasteiger partial charge in [-0.05, 0) is 14.1 Å². The van der Waals surface area contributed by atoms with Gasteiger partial charge in [0.15, 0.2) is 0 Å². The van der Waals surface area contributed by atoms with Crippen molar-refractivity contribution in [1.29, 1.82) is 0 Å². The zero-order chi connectivity index (χ0) is 12.8. The minimum absolute atomic E-state index is 0.167. The summed E-state index contributed by atoms with van der Waals surface area (Å²) in [5.74, 6) is 0. The van der Waals surface area contributed by atoms with Crippen LogP contribution in [0.25, 0.3) is 0 Å². The van der Waals surface area contributed by atoms with E-state index in [1.54, 1.807) is 12.3 Å². The molecule has 1 aromatic rings. The smallest absolute Gasteiger partial charge is 0.287 e. The first-order valence-corrected chi connectivity index (χ1v) is 5.69. The van der Waals surface area contributed by atoms with Crippen LogP contribution >= 0.6 is 11.6 Å². The van der Waals surface area contributed by atoms with Gasteiger partial charge in [-0.2, -0.15) is 5.10 Å². The summed E-state index contributed by atoms with van der Waals surface area (Å²) in [7, 11) is 3.95. The first-order valence-electron chi connectivity index (χ1n) is 5.31. The van der Waals surface area contributed by atoms with Gasteiger partial charge in [-0.1, -0.05) is 17.7 Å². The monoisotopic (exact) mass is 256 g/mol. The van der Waals surface area contributed by atoms with Crippen LogP contribution in [0.15, 0.2) is 23.6 Å². The number of likely N-dealkylation sites (N-methyl/N-ethyl adjacent to an activating group) is 1.